The third-order valence-corrected chi connectivity index (χ3v) is 8.41. The Kier molecular flexibility index (Phi) is 4.44. The summed E-state index contributed by atoms with van der Waals surface area (Å²) >= 11 is 16.2. The van der Waals surface area contributed by atoms with E-state index in [1.54, 1.807) is 11.0 Å². The van der Waals surface area contributed by atoms with E-state index in [1.165, 1.54) is 34.4 Å². The van der Waals surface area contributed by atoms with Crippen molar-refractivity contribution < 1.29 is 9.59 Å². The number of fused-ring (bicyclic) bond motifs is 3. The van der Waals surface area contributed by atoms with Crippen molar-refractivity contribution in [3.05, 3.63) is 44.4 Å². The predicted molar refractivity (Wildman–Crippen MR) is 116 cm³/mol. The van der Waals surface area contributed by atoms with Gasteiger partial charge in [-0.2, -0.15) is 0 Å². The summed E-state index contributed by atoms with van der Waals surface area (Å²) in [5, 5.41) is 5.19. The molecule has 1 saturated heterocycles. The normalized spacial score (nSPS) is 20.4. The molecule has 0 spiro atoms. The van der Waals surface area contributed by atoms with Crippen molar-refractivity contribution in [2.45, 2.75) is 22.6 Å². The van der Waals surface area contributed by atoms with Crippen LogP contribution in [-0.4, -0.2) is 21.7 Å². The summed E-state index contributed by atoms with van der Waals surface area (Å²) in [5.41, 5.74) is 2.20. The number of nitrogens with zero attached hydrogens (tertiary/aromatic N) is 2. The molecule has 28 heavy (non-hydrogen) atoms. The van der Waals surface area contributed by atoms with Crippen LogP contribution in [0.1, 0.15) is 12.8 Å². The molecule has 0 aliphatic carbocycles. The van der Waals surface area contributed by atoms with E-state index >= 15 is 0 Å². The van der Waals surface area contributed by atoms with Gasteiger partial charge in [-0.05, 0) is 24.6 Å². The number of hydrogen-bond donors (Lipinski definition) is 1. The van der Waals surface area contributed by atoms with Crippen molar-refractivity contribution in [1.29, 1.82) is 0 Å². The third kappa shape index (κ3) is 2.78. The summed E-state index contributed by atoms with van der Waals surface area (Å²) < 4.78 is 1.14. The molecule has 2 aliphatic rings. The Morgan fingerprint density at radius 3 is 2.89 bits per heavy atom. The Hall–Kier alpha value is -1.58. The molecule has 142 valence electrons. The Balaban J connectivity index is 1.43. The Morgan fingerprint density at radius 2 is 2.11 bits per heavy atom. The number of hydrogen-bond acceptors (Lipinski definition) is 6. The summed E-state index contributed by atoms with van der Waals surface area (Å²) in [4.78, 5) is 31.8. The summed E-state index contributed by atoms with van der Waals surface area (Å²) in [6, 6.07) is 9.36. The number of carbonyl (C=O) groups is 2. The van der Waals surface area contributed by atoms with Gasteiger partial charge in [0.1, 0.15) is 4.34 Å². The fourth-order valence-corrected chi connectivity index (χ4v) is 7.06. The van der Waals surface area contributed by atoms with Crippen LogP contribution >= 0.6 is 57.6 Å². The van der Waals surface area contributed by atoms with Gasteiger partial charge in [-0.1, -0.05) is 47.1 Å². The van der Waals surface area contributed by atoms with Crippen molar-refractivity contribution in [1.82, 2.24) is 4.98 Å². The molecule has 1 fully saturated rings. The molecule has 0 bridgehead atoms. The maximum atomic E-state index is 13.2. The number of amides is 2. The number of anilines is 2. The van der Waals surface area contributed by atoms with Gasteiger partial charge < -0.3 is 0 Å². The number of rotatable bonds is 3. The van der Waals surface area contributed by atoms with Crippen LogP contribution in [0.2, 0.25) is 8.67 Å². The first-order chi connectivity index (χ1) is 13.5. The molecule has 2 amide bonds. The van der Waals surface area contributed by atoms with E-state index in [0.717, 1.165) is 16.1 Å². The first-order valence-electron chi connectivity index (χ1n) is 8.31. The molecule has 3 aromatic rings. The molecule has 1 atom stereocenters. The molecule has 4 heterocycles. The SMILES string of the molecule is O=C1CCC2(C(=O)Nc3nc(-c4cc(Cl)sc4Cl)cs3)Sc3ccccc3N12. The molecule has 0 radical (unpaired) electrons. The van der Waals surface area contributed by atoms with Crippen molar-refractivity contribution in [3.8, 4) is 11.3 Å². The lowest BCUT2D eigenvalue weighted by atomic mass is 10.2. The smallest absolute Gasteiger partial charge is 0.263 e. The zero-order valence-corrected chi connectivity index (χ0v) is 18.0. The fraction of sp³-hybridized carbons (Fsp3) is 0.167. The van der Waals surface area contributed by atoms with Gasteiger partial charge in [0.25, 0.3) is 5.91 Å². The standard InChI is InChI=1S/C18H11Cl2N3O2S3/c19-13-7-9(15(20)27-13)10-8-26-17(21-10)22-16(25)18-6-5-14(24)23(18)11-3-1-2-4-12(11)28-18/h1-4,7-8H,5-6H2,(H,21,22,25). The Bertz CT molecular complexity index is 1130. The zero-order chi connectivity index (χ0) is 19.5. The molecule has 0 saturated carbocycles. The number of thioether (sulfide) groups is 1. The third-order valence-electron chi connectivity index (χ3n) is 4.69. The van der Waals surface area contributed by atoms with Crippen molar-refractivity contribution >= 4 is 80.3 Å². The largest absolute Gasteiger partial charge is 0.299 e. The van der Waals surface area contributed by atoms with E-state index < -0.39 is 4.87 Å². The van der Waals surface area contributed by atoms with E-state index in [2.05, 4.69) is 10.3 Å². The molecule has 1 N–H and O–H groups in total. The minimum atomic E-state index is -0.962. The Morgan fingerprint density at radius 1 is 1.29 bits per heavy atom. The van der Waals surface area contributed by atoms with Crippen molar-refractivity contribution in [2.75, 3.05) is 10.2 Å². The number of nitrogens with one attached hydrogen (secondary N) is 1. The van der Waals surface area contributed by atoms with Gasteiger partial charge in [-0.15, -0.1) is 22.7 Å². The van der Waals surface area contributed by atoms with Crippen LogP contribution in [0.3, 0.4) is 0 Å². The van der Waals surface area contributed by atoms with Crippen LogP contribution in [0.15, 0.2) is 40.6 Å². The molecule has 1 aromatic carbocycles. The number of halogens is 2. The lowest BCUT2D eigenvalue weighted by molar-refractivity contribution is -0.121. The number of aromatic nitrogens is 1. The number of thiophene rings is 1. The molecule has 5 nitrogen and oxygen atoms in total. The average molecular weight is 468 g/mol. The van der Waals surface area contributed by atoms with E-state index in [4.69, 9.17) is 23.2 Å². The highest BCUT2D eigenvalue weighted by Crippen LogP contribution is 2.56. The minimum Gasteiger partial charge on any atom is -0.299 e. The lowest BCUT2D eigenvalue weighted by Gasteiger charge is -2.29. The topological polar surface area (TPSA) is 62.3 Å². The molecule has 2 aromatic heterocycles. The van der Waals surface area contributed by atoms with Crippen LogP contribution in [-0.2, 0) is 9.59 Å². The number of carbonyl (C=O) groups excluding carboxylic acids is 2. The van der Waals surface area contributed by atoms with Crippen LogP contribution in [0.25, 0.3) is 11.3 Å². The van der Waals surface area contributed by atoms with Gasteiger partial charge in [0.2, 0.25) is 5.91 Å². The zero-order valence-electron chi connectivity index (χ0n) is 14.1. The van der Waals surface area contributed by atoms with E-state index in [-0.39, 0.29) is 11.8 Å². The lowest BCUT2D eigenvalue weighted by Crippen LogP contribution is -2.49. The summed E-state index contributed by atoms with van der Waals surface area (Å²) in [5.74, 6) is -0.276. The summed E-state index contributed by atoms with van der Waals surface area (Å²) in [7, 11) is 0. The monoisotopic (exact) mass is 467 g/mol. The van der Waals surface area contributed by atoms with Gasteiger partial charge in [-0.3, -0.25) is 19.8 Å². The van der Waals surface area contributed by atoms with Crippen LogP contribution in [0.5, 0.6) is 0 Å². The molecule has 1 unspecified atom stereocenters. The highest BCUT2D eigenvalue weighted by atomic mass is 35.5. The van der Waals surface area contributed by atoms with Crippen molar-refractivity contribution in [3.63, 3.8) is 0 Å². The average Bonchev–Trinajstić information content (AvgIpc) is 3.39. The summed E-state index contributed by atoms with van der Waals surface area (Å²) in [6.45, 7) is 0. The second kappa shape index (κ2) is 6.74. The second-order valence-electron chi connectivity index (χ2n) is 6.31. The van der Waals surface area contributed by atoms with E-state index in [0.29, 0.717) is 32.3 Å². The first-order valence-corrected chi connectivity index (χ1v) is 11.6. The van der Waals surface area contributed by atoms with Crippen LogP contribution in [0.4, 0.5) is 10.8 Å². The molecule has 5 rings (SSSR count). The van der Waals surface area contributed by atoms with Gasteiger partial charge in [0.05, 0.1) is 15.7 Å². The van der Waals surface area contributed by atoms with E-state index in [1.807, 2.05) is 29.6 Å². The van der Waals surface area contributed by atoms with Gasteiger partial charge in [0, 0.05) is 22.3 Å². The van der Waals surface area contributed by atoms with Crippen LogP contribution in [0, 0.1) is 0 Å². The number of benzene rings is 1. The molecule has 10 heteroatoms. The predicted octanol–water partition coefficient (Wildman–Crippen LogP) is 5.75. The molecular formula is C18H11Cl2N3O2S3. The molecular weight excluding hydrogens is 457 g/mol. The summed E-state index contributed by atoms with van der Waals surface area (Å²) in [6.07, 6.45) is 0.808. The fourth-order valence-electron chi connectivity index (χ4n) is 3.46. The second-order valence-corrected chi connectivity index (χ2v) is 10.8. The maximum absolute atomic E-state index is 13.2. The number of para-hydroxylation sites is 1. The quantitative estimate of drug-likeness (QED) is 0.532. The number of thiazole rings is 1. The Labute approximate surface area is 182 Å². The van der Waals surface area contributed by atoms with Crippen LogP contribution < -0.4 is 10.2 Å². The maximum Gasteiger partial charge on any atom is 0.263 e. The van der Waals surface area contributed by atoms with Gasteiger partial charge in [-0.25, -0.2) is 4.98 Å². The van der Waals surface area contributed by atoms with Crippen molar-refractivity contribution in [2.24, 2.45) is 0 Å². The minimum absolute atomic E-state index is 0.0351. The van der Waals surface area contributed by atoms with Gasteiger partial charge >= 0.3 is 0 Å². The van der Waals surface area contributed by atoms with Gasteiger partial charge in [0.15, 0.2) is 10.0 Å². The molecule has 2 aliphatic heterocycles. The highest BCUT2D eigenvalue weighted by molar-refractivity contribution is 8.02. The highest BCUT2D eigenvalue weighted by Gasteiger charge is 2.57. The first kappa shape index (κ1) is 18.4. The van der Waals surface area contributed by atoms with E-state index in [9.17, 15) is 9.59 Å².